The van der Waals surface area contributed by atoms with Crippen molar-refractivity contribution in [3.8, 4) is 5.75 Å². The van der Waals surface area contributed by atoms with E-state index in [1.807, 2.05) is 24.3 Å². The number of nitrogens with one attached hydrogen (secondary N) is 1. The quantitative estimate of drug-likeness (QED) is 0.674. The van der Waals surface area contributed by atoms with E-state index in [4.69, 9.17) is 9.47 Å². The third-order valence-electron chi connectivity index (χ3n) is 3.22. The van der Waals surface area contributed by atoms with Gasteiger partial charge in [-0.1, -0.05) is 29.8 Å². The van der Waals surface area contributed by atoms with E-state index in [0.717, 1.165) is 29.8 Å². The standard InChI is InChI=1S/C16H26BrNO3/c1-16(2,8-9-20-3)12-18-10-14(19)11-21-15-6-4-13(17)5-7-15/h4-7,14,18-19H,8-12H2,1-3H3. The van der Waals surface area contributed by atoms with Crippen molar-refractivity contribution >= 4 is 15.9 Å². The van der Waals surface area contributed by atoms with E-state index in [2.05, 4.69) is 35.1 Å². The fraction of sp³-hybridized carbons (Fsp3) is 0.625. The summed E-state index contributed by atoms with van der Waals surface area (Å²) in [7, 11) is 1.72. The lowest BCUT2D eigenvalue weighted by Crippen LogP contribution is -2.37. The Hall–Kier alpha value is -0.620. The summed E-state index contributed by atoms with van der Waals surface area (Å²) in [4.78, 5) is 0. The summed E-state index contributed by atoms with van der Waals surface area (Å²) in [6.07, 6.45) is 0.467. The zero-order valence-corrected chi connectivity index (χ0v) is 14.6. The SMILES string of the molecule is COCCC(C)(C)CNCC(O)COc1ccc(Br)cc1. The highest BCUT2D eigenvalue weighted by molar-refractivity contribution is 9.10. The molecule has 0 radical (unpaired) electrons. The Morgan fingerprint density at radius 2 is 1.95 bits per heavy atom. The van der Waals surface area contributed by atoms with Crippen LogP contribution in [0, 0.1) is 5.41 Å². The molecule has 0 saturated carbocycles. The molecular formula is C16H26BrNO3. The first-order chi connectivity index (χ1) is 9.93. The second kappa shape index (κ2) is 9.41. The molecule has 0 bridgehead atoms. The predicted molar refractivity (Wildman–Crippen MR) is 88.8 cm³/mol. The van der Waals surface area contributed by atoms with E-state index < -0.39 is 6.10 Å². The maximum atomic E-state index is 9.92. The number of hydrogen-bond acceptors (Lipinski definition) is 4. The van der Waals surface area contributed by atoms with Gasteiger partial charge in [0.2, 0.25) is 0 Å². The highest BCUT2D eigenvalue weighted by atomic mass is 79.9. The summed E-state index contributed by atoms with van der Waals surface area (Å²) < 4.78 is 11.6. The van der Waals surface area contributed by atoms with Crippen molar-refractivity contribution < 1.29 is 14.6 Å². The summed E-state index contributed by atoms with van der Waals surface area (Å²) in [5.41, 5.74) is 0.155. The molecule has 4 nitrogen and oxygen atoms in total. The van der Waals surface area contributed by atoms with Gasteiger partial charge in [0.1, 0.15) is 18.5 Å². The van der Waals surface area contributed by atoms with Gasteiger partial charge in [-0.2, -0.15) is 0 Å². The molecule has 0 saturated heterocycles. The smallest absolute Gasteiger partial charge is 0.119 e. The average Bonchev–Trinajstić information content (AvgIpc) is 2.44. The Balaban J connectivity index is 2.19. The first kappa shape index (κ1) is 18.4. The van der Waals surface area contributed by atoms with Crippen molar-refractivity contribution in [1.29, 1.82) is 0 Å². The molecule has 120 valence electrons. The Morgan fingerprint density at radius 1 is 1.29 bits per heavy atom. The van der Waals surface area contributed by atoms with Crippen molar-refractivity contribution in [1.82, 2.24) is 5.32 Å². The molecule has 1 unspecified atom stereocenters. The highest BCUT2D eigenvalue weighted by Crippen LogP contribution is 2.19. The van der Waals surface area contributed by atoms with Crippen LogP contribution in [0.25, 0.3) is 0 Å². The average molecular weight is 360 g/mol. The van der Waals surface area contributed by atoms with Gasteiger partial charge in [0, 0.05) is 31.3 Å². The van der Waals surface area contributed by atoms with Gasteiger partial charge in [0.15, 0.2) is 0 Å². The molecule has 0 amide bonds. The van der Waals surface area contributed by atoms with Gasteiger partial charge in [-0.3, -0.25) is 0 Å². The number of hydrogen-bond donors (Lipinski definition) is 2. The monoisotopic (exact) mass is 359 g/mol. The van der Waals surface area contributed by atoms with Gasteiger partial charge < -0.3 is 19.9 Å². The Morgan fingerprint density at radius 3 is 2.57 bits per heavy atom. The minimum absolute atomic E-state index is 0.155. The van der Waals surface area contributed by atoms with E-state index in [1.54, 1.807) is 7.11 Å². The number of rotatable bonds is 10. The van der Waals surface area contributed by atoms with Gasteiger partial charge in [0.05, 0.1) is 0 Å². The van der Waals surface area contributed by atoms with Crippen LogP contribution in [-0.2, 0) is 4.74 Å². The van der Waals surface area contributed by atoms with Crippen LogP contribution in [0.15, 0.2) is 28.7 Å². The van der Waals surface area contributed by atoms with Crippen LogP contribution in [0.2, 0.25) is 0 Å². The third-order valence-corrected chi connectivity index (χ3v) is 3.75. The highest BCUT2D eigenvalue weighted by Gasteiger charge is 2.17. The van der Waals surface area contributed by atoms with Gasteiger partial charge in [-0.05, 0) is 36.1 Å². The molecule has 1 aromatic rings. The summed E-state index contributed by atoms with van der Waals surface area (Å²) in [5.74, 6) is 0.762. The first-order valence-electron chi connectivity index (χ1n) is 7.19. The summed E-state index contributed by atoms with van der Waals surface area (Å²) >= 11 is 3.37. The van der Waals surface area contributed by atoms with E-state index in [-0.39, 0.29) is 12.0 Å². The van der Waals surface area contributed by atoms with Crippen molar-refractivity contribution in [2.24, 2.45) is 5.41 Å². The van der Waals surface area contributed by atoms with Crippen LogP contribution in [-0.4, -0.2) is 44.6 Å². The van der Waals surface area contributed by atoms with Crippen molar-refractivity contribution in [3.05, 3.63) is 28.7 Å². The summed E-state index contributed by atoms with van der Waals surface area (Å²) in [6.45, 7) is 6.77. The normalized spacial score (nSPS) is 13.2. The van der Waals surface area contributed by atoms with E-state index >= 15 is 0 Å². The number of benzene rings is 1. The molecule has 0 aliphatic heterocycles. The Kier molecular flexibility index (Phi) is 8.26. The van der Waals surface area contributed by atoms with Crippen LogP contribution < -0.4 is 10.1 Å². The van der Waals surface area contributed by atoms with Crippen LogP contribution in [0.3, 0.4) is 0 Å². The van der Waals surface area contributed by atoms with Crippen LogP contribution >= 0.6 is 15.9 Å². The molecule has 0 heterocycles. The number of ether oxygens (including phenoxy) is 2. The topological polar surface area (TPSA) is 50.7 Å². The fourth-order valence-corrected chi connectivity index (χ4v) is 2.09. The summed E-state index contributed by atoms with van der Waals surface area (Å²) in [6, 6.07) is 7.58. The first-order valence-corrected chi connectivity index (χ1v) is 7.98. The van der Waals surface area contributed by atoms with Gasteiger partial charge in [0.25, 0.3) is 0 Å². The lowest BCUT2D eigenvalue weighted by atomic mass is 9.90. The van der Waals surface area contributed by atoms with Crippen LogP contribution in [0.4, 0.5) is 0 Å². The maximum absolute atomic E-state index is 9.92. The van der Waals surface area contributed by atoms with Crippen LogP contribution in [0.5, 0.6) is 5.75 Å². The zero-order chi connectivity index (χ0) is 15.7. The van der Waals surface area contributed by atoms with E-state index in [1.165, 1.54) is 0 Å². The number of halogens is 1. The summed E-state index contributed by atoms with van der Waals surface area (Å²) in [5, 5.41) is 13.2. The van der Waals surface area contributed by atoms with Crippen molar-refractivity contribution in [3.63, 3.8) is 0 Å². The lowest BCUT2D eigenvalue weighted by Gasteiger charge is -2.25. The molecule has 0 spiro atoms. The predicted octanol–water partition coefficient (Wildman–Crippen LogP) is 2.84. The molecule has 1 rings (SSSR count). The van der Waals surface area contributed by atoms with Crippen LogP contribution in [0.1, 0.15) is 20.3 Å². The van der Waals surface area contributed by atoms with Gasteiger partial charge in [-0.25, -0.2) is 0 Å². The second-order valence-electron chi connectivity index (χ2n) is 5.96. The minimum Gasteiger partial charge on any atom is -0.491 e. The number of aliphatic hydroxyl groups excluding tert-OH is 1. The maximum Gasteiger partial charge on any atom is 0.119 e. The molecule has 0 aliphatic carbocycles. The molecule has 5 heteroatoms. The van der Waals surface area contributed by atoms with Gasteiger partial charge >= 0.3 is 0 Å². The zero-order valence-electron chi connectivity index (χ0n) is 13.1. The largest absolute Gasteiger partial charge is 0.491 e. The fourth-order valence-electron chi connectivity index (χ4n) is 1.83. The second-order valence-corrected chi connectivity index (χ2v) is 6.87. The molecular weight excluding hydrogens is 334 g/mol. The molecule has 21 heavy (non-hydrogen) atoms. The van der Waals surface area contributed by atoms with Crippen molar-refractivity contribution in [2.45, 2.75) is 26.4 Å². The molecule has 0 aliphatic rings. The lowest BCUT2D eigenvalue weighted by molar-refractivity contribution is 0.100. The van der Waals surface area contributed by atoms with E-state index in [9.17, 15) is 5.11 Å². The molecule has 1 aromatic carbocycles. The molecule has 2 N–H and O–H groups in total. The Labute approximate surface area is 136 Å². The number of methoxy groups -OCH3 is 1. The third kappa shape index (κ3) is 8.41. The van der Waals surface area contributed by atoms with Crippen molar-refractivity contribution in [2.75, 3.05) is 33.4 Å². The number of aliphatic hydroxyl groups is 1. The molecule has 1 atom stereocenters. The molecule has 0 fully saturated rings. The van der Waals surface area contributed by atoms with Gasteiger partial charge in [-0.15, -0.1) is 0 Å². The molecule has 0 aromatic heterocycles. The van der Waals surface area contributed by atoms with E-state index in [0.29, 0.717) is 6.54 Å². The Bertz CT molecular complexity index is 395. The minimum atomic E-state index is -0.521.